The van der Waals surface area contributed by atoms with Gasteiger partial charge in [0.1, 0.15) is 5.56 Å². The number of nitrogens with zero attached hydrogens (tertiary/aromatic N) is 2. The molecule has 4 rings (SSSR count). The lowest BCUT2D eigenvalue weighted by atomic mass is 10.0. The van der Waals surface area contributed by atoms with Crippen LogP contribution in [0.5, 0.6) is 0 Å². The van der Waals surface area contributed by atoms with Crippen molar-refractivity contribution in [3.63, 3.8) is 0 Å². The van der Waals surface area contributed by atoms with E-state index in [0.29, 0.717) is 22.5 Å². The number of pyridine rings is 1. The Morgan fingerprint density at radius 3 is 2.13 bits per heavy atom. The molecule has 0 spiro atoms. The summed E-state index contributed by atoms with van der Waals surface area (Å²) in [6.07, 6.45) is 2.39. The molecule has 8 heteroatoms. The molecule has 0 atom stereocenters. The fraction of sp³-hybridized carbons (Fsp3) is 0.258. The van der Waals surface area contributed by atoms with E-state index in [0.717, 1.165) is 36.6 Å². The number of fused-ring (bicyclic) bond motifs is 1. The van der Waals surface area contributed by atoms with Crippen molar-refractivity contribution in [2.45, 2.75) is 33.2 Å². The van der Waals surface area contributed by atoms with Crippen LogP contribution < -0.4 is 15.6 Å². The molecule has 7 nitrogen and oxygen atoms in total. The number of aromatic nitrogens is 1. The van der Waals surface area contributed by atoms with E-state index in [1.54, 1.807) is 28.8 Å². The zero-order chi connectivity index (χ0) is 28.1. The minimum absolute atomic E-state index is 0.106. The smallest absolute Gasteiger partial charge is 0.341 e. The highest BCUT2D eigenvalue weighted by Gasteiger charge is 2.18. The summed E-state index contributed by atoms with van der Waals surface area (Å²) in [5, 5.41) is 13.1. The lowest BCUT2D eigenvalue weighted by Crippen LogP contribution is -2.26. The van der Waals surface area contributed by atoms with Gasteiger partial charge in [-0.2, -0.15) is 0 Å². The number of anilines is 3. The molecule has 2 N–H and O–H groups in total. The van der Waals surface area contributed by atoms with Crippen molar-refractivity contribution >= 4 is 51.3 Å². The second-order valence-electron chi connectivity index (χ2n) is 9.66. The van der Waals surface area contributed by atoms with Crippen molar-refractivity contribution in [1.29, 1.82) is 0 Å². The molecule has 1 aromatic heterocycles. The Morgan fingerprint density at radius 1 is 0.949 bits per heavy atom. The number of halogens is 1. The SMILES string of the molecule is CCCN(CCCl)c1ccc(Nc2ccc(C(=O)c3ccc4c(=O)c(C(=O)O)cn(C(C)C)c4c3)cc2)cc1. The quantitative estimate of drug-likeness (QED) is 0.161. The fourth-order valence-corrected chi connectivity index (χ4v) is 4.81. The highest BCUT2D eigenvalue weighted by Crippen LogP contribution is 2.24. The van der Waals surface area contributed by atoms with Crippen LogP contribution in [0.3, 0.4) is 0 Å². The van der Waals surface area contributed by atoms with E-state index < -0.39 is 11.4 Å². The predicted molar refractivity (Wildman–Crippen MR) is 158 cm³/mol. The monoisotopic (exact) mass is 545 g/mol. The zero-order valence-electron chi connectivity index (χ0n) is 22.3. The lowest BCUT2D eigenvalue weighted by molar-refractivity contribution is 0.0694. The number of nitrogens with one attached hydrogen (secondary N) is 1. The molecule has 39 heavy (non-hydrogen) atoms. The largest absolute Gasteiger partial charge is 0.477 e. The van der Waals surface area contributed by atoms with E-state index in [-0.39, 0.29) is 22.8 Å². The van der Waals surface area contributed by atoms with Crippen LogP contribution in [0.25, 0.3) is 10.9 Å². The van der Waals surface area contributed by atoms with Gasteiger partial charge in [-0.15, -0.1) is 11.6 Å². The molecule has 3 aromatic carbocycles. The number of ketones is 1. The van der Waals surface area contributed by atoms with Crippen LogP contribution in [0.4, 0.5) is 17.1 Å². The zero-order valence-corrected chi connectivity index (χ0v) is 23.0. The van der Waals surface area contributed by atoms with Gasteiger partial charge in [0.25, 0.3) is 0 Å². The lowest BCUT2D eigenvalue weighted by Gasteiger charge is -2.23. The van der Waals surface area contributed by atoms with Crippen molar-refractivity contribution < 1.29 is 14.7 Å². The summed E-state index contributed by atoms with van der Waals surface area (Å²) >= 11 is 5.95. The van der Waals surface area contributed by atoms with Crippen molar-refractivity contribution in [2.24, 2.45) is 0 Å². The van der Waals surface area contributed by atoms with Gasteiger partial charge in [0, 0.05) is 64.8 Å². The highest BCUT2D eigenvalue weighted by atomic mass is 35.5. The van der Waals surface area contributed by atoms with Crippen molar-refractivity contribution in [3.8, 4) is 0 Å². The van der Waals surface area contributed by atoms with Crippen LogP contribution >= 0.6 is 11.6 Å². The van der Waals surface area contributed by atoms with Crippen molar-refractivity contribution in [1.82, 2.24) is 4.57 Å². The maximum atomic E-state index is 13.3. The van der Waals surface area contributed by atoms with Gasteiger partial charge in [0.2, 0.25) is 5.43 Å². The van der Waals surface area contributed by atoms with Gasteiger partial charge < -0.3 is 19.9 Å². The van der Waals surface area contributed by atoms with Crippen LogP contribution in [0, 0.1) is 0 Å². The molecular weight excluding hydrogens is 514 g/mol. The highest BCUT2D eigenvalue weighted by molar-refractivity contribution is 6.18. The molecule has 0 fully saturated rings. The normalized spacial score (nSPS) is 11.1. The fourth-order valence-electron chi connectivity index (χ4n) is 4.61. The predicted octanol–water partition coefficient (Wildman–Crippen LogP) is 6.71. The van der Waals surface area contributed by atoms with Crippen LogP contribution in [-0.4, -0.2) is 40.4 Å². The molecule has 0 radical (unpaired) electrons. The van der Waals surface area contributed by atoms with Gasteiger partial charge in [0.05, 0.1) is 5.52 Å². The molecule has 1 heterocycles. The van der Waals surface area contributed by atoms with E-state index in [9.17, 15) is 19.5 Å². The number of carboxylic acid groups (broad SMARTS) is 1. The molecule has 202 valence electrons. The van der Waals surface area contributed by atoms with Crippen LogP contribution in [0.1, 0.15) is 59.5 Å². The summed E-state index contributed by atoms with van der Waals surface area (Å²) in [5.41, 5.74) is 3.50. The molecule has 0 bridgehead atoms. The summed E-state index contributed by atoms with van der Waals surface area (Å²) in [4.78, 5) is 39.8. The molecule has 0 aliphatic heterocycles. The molecule has 0 amide bonds. The number of aromatic carboxylic acids is 1. The molecule has 0 saturated heterocycles. The first-order valence-electron chi connectivity index (χ1n) is 13.0. The number of carbonyl (C=O) groups is 2. The minimum atomic E-state index is -1.27. The average Bonchev–Trinajstić information content (AvgIpc) is 2.93. The van der Waals surface area contributed by atoms with E-state index in [2.05, 4.69) is 29.3 Å². The number of hydrogen-bond acceptors (Lipinski definition) is 5. The summed E-state index contributed by atoms with van der Waals surface area (Å²) < 4.78 is 1.71. The molecule has 0 aliphatic carbocycles. The average molecular weight is 546 g/mol. The van der Waals surface area contributed by atoms with Gasteiger partial charge in [0.15, 0.2) is 5.78 Å². The Morgan fingerprint density at radius 2 is 1.56 bits per heavy atom. The van der Waals surface area contributed by atoms with Gasteiger partial charge in [-0.3, -0.25) is 9.59 Å². The van der Waals surface area contributed by atoms with Crippen LogP contribution in [0.2, 0.25) is 0 Å². The van der Waals surface area contributed by atoms with Gasteiger partial charge in [-0.05, 0) is 80.9 Å². The maximum Gasteiger partial charge on any atom is 0.341 e. The first-order chi connectivity index (χ1) is 18.7. The number of alkyl halides is 1. The number of rotatable bonds is 11. The van der Waals surface area contributed by atoms with E-state index in [1.807, 2.05) is 38.1 Å². The van der Waals surface area contributed by atoms with E-state index in [1.165, 1.54) is 12.3 Å². The second-order valence-corrected chi connectivity index (χ2v) is 10.0. The van der Waals surface area contributed by atoms with Gasteiger partial charge in [-0.1, -0.05) is 13.0 Å². The maximum absolute atomic E-state index is 13.3. The Kier molecular flexibility index (Phi) is 8.72. The summed E-state index contributed by atoms with van der Waals surface area (Å²) in [6.45, 7) is 7.68. The van der Waals surface area contributed by atoms with Crippen molar-refractivity contribution in [3.05, 3.63) is 99.8 Å². The molecule has 4 aromatic rings. The van der Waals surface area contributed by atoms with Gasteiger partial charge >= 0.3 is 5.97 Å². The molecular formula is C31H32ClN3O4. The number of benzene rings is 3. The first-order valence-corrected chi connectivity index (χ1v) is 13.5. The molecule has 0 aliphatic rings. The summed E-state index contributed by atoms with van der Waals surface area (Å²) in [6, 6.07) is 20.0. The standard InChI is InChI=1S/C31H32ClN3O4/c1-4-16-34(17-15-32)25-12-10-24(11-13-25)33-23-8-5-21(6-9-23)29(36)22-7-14-26-28(18-22)35(20(2)3)19-27(30(26)37)31(38)39/h5-14,18-20,33H,4,15-17H2,1-3H3,(H,38,39). The Balaban J connectivity index is 1.55. The third-order valence-electron chi connectivity index (χ3n) is 6.60. The first kappa shape index (κ1) is 27.9. The van der Waals surface area contributed by atoms with E-state index in [4.69, 9.17) is 11.6 Å². The summed E-state index contributed by atoms with van der Waals surface area (Å²) in [7, 11) is 0. The third kappa shape index (κ3) is 6.15. The minimum Gasteiger partial charge on any atom is -0.477 e. The Bertz CT molecular complexity index is 1540. The molecule has 0 unspecified atom stereocenters. The Labute approximate surface area is 232 Å². The van der Waals surface area contributed by atoms with Crippen LogP contribution in [0.15, 0.2) is 77.7 Å². The van der Waals surface area contributed by atoms with E-state index >= 15 is 0 Å². The van der Waals surface area contributed by atoms with Gasteiger partial charge in [-0.25, -0.2) is 4.79 Å². The molecule has 0 saturated carbocycles. The summed E-state index contributed by atoms with van der Waals surface area (Å²) in [5.74, 6) is -0.882. The Hall–Kier alpha value is -4.10. The topological polar surface area (TPSA) is 91.6 Å². The number of carbonyl (C=O) groups excluding carboxylic acids is 1. The van der Waals surface area contributed by atoms with Crippen molar-refractivity contribution in [2.75, 3.05) is 29.2 Å². The third-order valence-corrected chi connectivity index (χ3v) is 6.77. The van der Waals surface area contributed by atoms with Crippen LogP contribution in [-0.2, 0) is 0 Å². The number of hydrogen-bond donors (Lipinski definition) is 2. The second kappa shape index (κ2) is 12.2. The number of carboxylic acids is 1.